The van der Waals surface area contributed by atoms with E-state index in [9.17, 15) is 19.8 Å². The van der Waals surface area contributed by atoms with Crippen LogP contribution in [0.3, 0.4) is 0 Å². The maximum Gasteiger partial charge on any atom is 0.407 e. The van der Waals surface area contributed by atoms with Crippen LogP contribution in [0.5, 0.6) is 0 Å². The van der Waals surface area contributed by atoms with E-state index in [-0.39, 0.29) is 35.9 Å². The molecule has 0 bridgehead atoms. The number of amides is 2. The maximum atomic E-state index is 13.2. The summed E-state index contributed by atoms with van der Waals surface area (Å²) in [5.74, 6) is 0.733. The van der Waals surface area contributed by atoms with Crippen molar-refractivity contribution in [2.45, 2.75) is 91.3 Å². The summed E-state index contributed by atoms with van der Waals surface area (Å²) >= 11 is 0. The number of hydrogen-bond acceptors (Lipinski definition) is 5. The number of nitrogens with zero attached hydrogens (tertiary/aromatic N) is 1. The van der Waals surface area contributed by atoms with Crippen molar-refractivity contribution in [2.75, 3.05) is 26.2 Å². The van der Waals surface area contributed by atoms with Crippen LogP contribution >= 0.6 is 0 Å². The Balaban J connectivity index is 1.76. The number of ether oxygens (including phenoxy) is 1. The largest absolute Gasteiger partial charge is 0.446 e. The number of likely N-dealkylation sites (tertiary alicyclic amines) is 1. The van der Waals surface area contributed by atoms with Crippen LogP contribution in [0.2, 0.25) is 0 Å². The van der Waals surface area contributed by atoms with Crippen molar-refractivity contribution in [3.8, 4) is 0 Å². The van der Waals surface area contributed by atoms with Gasteiger partial charge in [-0.05, 0) is 68.1 Å². The first-order chi connectivity index (χ1) is 15.2. The molecule has 6 atom stereocenters. The van der Waals surface area contributed by atoms with Gasteiger partial charge in [0.1, 0.15) is 6.10 Å². The third kappa shape index (κ3) is 4.93. The topological polar surface area (TPSA) is 99.1 Å². The normalized spacial score (nSPS) is 38.1. The molecule has 0 spiro atoms. The molecule has 184 valence electrons. The van der Waals surface area contributed by atoms with E-state index in [0.717, 1.165) is 45.2 Å². The highest BCUT2D eigenvalue weighted by Gasteiger charge is 2.60. The van der Waals surface area contributed by atoms with Crippen molar-refractivity contribution >= 4 is 12.0 Å². The second-order valence-corrected chi connectivity index (χ2v) is 11.1. The van der Waals surface area contributed by atoms with Gasteiger partial charge in [-0.2, -0.15) is 0 Å². The number of rotatable bonds is 6. The van der Waals surface area contributed by atoms with E-state index < -0.39 is 17.6 Å². The Kier molecular flexibility index (Phi) is 8.13. The van der Waals surface area contributed by atoms with Crippen molar-refractivity contribution in [3.63, 3.8) is 0 Å². The third-order valence-electron chi connectivity index (χ3n) is 8.98. The molecule has 2 saturated carbocycles. The number of aliphatic hydroxyl groups excluding tert-OH is 2. The van der Waals surface area contributed by atoms with Gasteiger partial charge in [0.05, 0.1) is 12.7 Å². The molecular weight excluding hydrogens is 408 g/mol. The fourth-order valence-corrected chi connectivity index (χ4v) is 6.75. The summed E-state index contributed by atoms with van der Waals surface area (Å²) < 4.78 is 5.79. The highest BCUT2D eigenvalue weighted by atomic mass is 16.6. The molecule has 32 heavy (non-hydrogen) atoms. The molecule has 6 unspecified atom stereocenters. The van der Waals surface area contributed by atoms with Gasteiger partial charge in [0, 0.05) is 31.5 Å². The maximum absolute atomic E-state index is 13.2. The predicted octanol–water partition coefficient (Wildman–Crippen LogP) is 3.33. The molecule has 3 fully saturated rings. The second kappa shape index (κ2) is 10.3. The average Bonchev–Trinajstić information content (AvgIpc) is 2.77. The van der Waals surface area contributed by atoms with E-state index >= 15 is 0 Å². The van der Waals surface area contributed by atoms with Gasteiger partial charge in [0.15, 0.2) is 0 Å². The molecule has 0 aromatic rings. The average molecular weight is 453 g/mol. The number of alkyl carbamates (subject to hydrolysis) is 1. The lowest BCUT2D eigenvalue weighted by Gasteiger charge is -2.60. The summed E-state index contributed by atoms with van der Waals surface area (Å²) in [6.07, 6.45) is 4.72. The van der Waals surface area contributed by atoms with Gasteiger partial charge in [-0.15, -0.1) is 0 Å². The first kappa shape index (κ1) is 25.3. The molecule has 7 nitrogen and oxygen atoms in total. The van der Waals surface area contributed by atoms with Crippen LogP contribution in [0, 0.1) is 28.6 Å². The molecule has 1 saturated heterocycles. The van der Waals surface area contributed by atoms with E-state index in [1.165, 1.54) is 0 Å². The molecule has 0 radical (unpaired) electrons. The van der Waals surface area contributed by atoms with Crippen molar-refractivity contribution in [1.82, 2.24) is 10.2 Å². The van der Waals surface area contributed by atoms with Gasteiger partial charge in [-0.1, -0.05) is 27.7 Å². The smallest absolute Gasteiger partial charge is 0.407 e. The standard InChI is InChI=1S/C25H44N2O5/c1-5-12-26-23(31)32-21-8-11-24(3)18(15-22(30)27-13-9-17(2)10-14-27)19(29)6-7-20(24)25(21,4)16-28/h17-21,28-29H,5-16H2,1-4H3,(H,26,31). The van der Waals surface area contributed by atoms with E-state index in [2.05, 4.69) is 19.2 Å². The zero-order valence-corrected chi connectivity index (χ0v) is 20.4. The Morgan fingerprint density at radius 2 is 1.81 bits per heavy atom. The molecule has 1 heterocycles. The van der Waals surface area contributed by atoms with Crippen LogP contribution in [0.15, 0.2) is 0 Å². The predicted molar refractivity (Wildman–Crippen MR) is 123 cm³/mol. The highest BCUT2D eigenvalue weighted by Crippen LogP contribution is 2.61. The lowest BCUT2D eigenvalue weighted by atomic mass is 9.46. The number of carbonyl (C=O) groups is 2. The fourth-order valence-electron chi connectivity index (χ4n) is 6.75. The first-order valence-electron chi connectivity index (χ1n) is 12.7. The van der Waals surface area contributed by atoms with Gasteiger partial charge < -0.3 is 25.2 Å². The van der Waals surface area contributed by atoms with Crippen LogP contribution in [-0.2, 0) is 9.53 Å². The van der Waals surface area contributed by atoms with E-state index in [1.807, 2.05) is 18.7 Å². The number of carbonyl (C=O) groups excluding carboxylic acids is 2. The lowest BCUT2D eigenvalue weighted by molar-refractivity contribution is -0.187. The number of aliphatic hydroxyl groups is 2. The number of hydrogen-bond donors (Lipinski definition) is 3. The lowest BCUT2D eigenvalue weighted by Crippen LogP contribution is -2.61. The van der Waals surface area contributed by atoms with Crippen LogP contribution in [0.25, 0.3) is 0 Å². The molecule has 1 aliphatic heterocycles. The third-order valence-corrected chi connectivity index (χ3v) is 8.98. The van der Waals surface area contributed by atoms with Gasteiger partial charge in [-0.3, -0.25) is 4.79 Å². The molecule has 2 aliphatic carbocycles. The zero-order valence-electron chi connectivity index (χ0n) is 20.4. The summed E-state index contributed by atoms with van der Waals surface area (Å²) in [7, 11) is 0. The quantitative estimate of drug-likeness (QED) is 0.574. The molecular formula is C25H44N2O5. The number of fused-ring (bicyclic) bond motifs is 1. The Morgan fingerprint density at radius 1 is 1.12 bits per heavy atom. The van der Waals surface area contributed by atoms with Gasteiger partial charge in [-0.25, -0.2) is 4.79 Å². The summed E-state index contributed by atoms with van der Waals surface area (Å²) in [6.45, 7) is 10.5. The first-order valence-corrected chi connectivity index (χ1v) is 12.7. The summed E-state index contributed by atoms with van der Waals surface area (Å²) in [4.78, 5) is 27.4. The van der Waals surface area contributed by atoms with Crippen LogP contribution in [-0.4, -0.2) is 65.6 Å². The number of piperidine rings is 1. The van der Waals surface area contributed by atoms with E-state index in [0.29, 0.717) is 31.7 Å². The fraction of sp³-hybridized carbons (Fsp3) is 0.920. The minimum absolute atomic E-state index is 0.0697. The van der Waals surface area contributed by atoms with Gasteiger partial charge >= 0.3 is 6.09 Å². The van der Waals surface area contributed by atoms with Crippen LogP contribution in [0.4, 0.5) is 4.79 Å². The van der Waals surface area contributed by atoms with Crippen molar-refractivity contribution < 1.29 is 24.5 Å². The Hall–Kier alpha value is -1.34. The molecule has 2 amide bonds. The van der Waals surface area contributed by atoms with Gasteiger partial charge in [0.2, 0.25) is 5.91 Å². The summed E-state index contributed by atoms with van der Waals surface area (Å²) in [6, 6.07) is 0. The molecule has 3 rings (SSSR count). The van der Waals surface area contributed by atoms with Gasteiger partial charge in [0.25, 0.3) is 0 Å². The van der Waals surface area contributed by atoms with Crippen LogP contribution < -0.4 is 5.32 Å². The summed E-state index contributed by atoms with van der Waals surface area (Å²) in [5, 5.41) is 24.2. The van der Waals surface area contributed by atoms with Crippen molar-refractivity contribution in [3.05, 3.63) is 0 Å². The van der Waals surface area contributed by atoms with E-state index in [4.69, 9.17) is 4.74 Å². The van der Waals surface area contributed by atoms with Crippen molar-refractivity contribution in [2.24, 2.45) is 28.6 Å². The minimum atomic E-state index is -0.599. The van der Waals surface area contributed by atoms with E-state index in [1.54, 1.807) is 0 Å². The SMILES string of the molecule is CCCNC(=O)OC1CCC2(C)C(CC(=O)N3CCC(C)CC3)C(O)CCC2C1(C)CO. The second-order valence-electron chi connectivity index (χ2n) is 11.1. The molecule has 0 aromatic heterocycles. The molecule has 3 aliphatic rings. The molecule has 0 aromatic carbocycles. The zero-order chi connectivity index (χ0) is 23.5. The Labute approximate surface area is 193 Å². The number of nitrogens with one attached hydrogen (secondary N) is 1. The highest BCUT2D eigenvalue weighted by molar-refractivity contribution is 5.76. The minimum Gasteiger partial charge on any atom is -0.446 e. The molecule has 7 heteroatoms. The monoisotopic (exact) mass is 452 g/mol. The van der Waals surface area contributed by atoms with Crippen molar-refractivity contribution in [1.29, 1.82) is 0 Å². The van der Waals surface area contributed by atoms with Crippen LogP contribution in [0.1, 0.15) is 79.1 Å². The summed E-state index contributed by atoms with van der Waals surface area (Å²) in [5.41, 5.74) is -0.883. The Bertz CT molecular complexity index is 665. The molecule has 3 N–H and O–H groups in total. The Morgan fingerprint density at radius 3 is 2.44 bits per heavy atom.